The van der Waals surface area contributed by atoms with E-state index in [0.29, 0.717) is 0 Å². The van der Waals surface area contributed by atoms with E-state index in [1.165, 1.54) is 22.3 Å². The van der Waals surface area contributed by atoms with Gasteiger partial charge in [-0.3, -0.25) is 0 Å². The lowest BCUT2D eigenvalue weighted by molar-refractivity contribution is 0.281. The molecule has 0 radical (unpaired) electrons. The van der Waals surface area contributed by atoms with Gasteiger partial charge in [0.25, 0.3) is 0 Å². The van der Waals surface area contributed by atoms with E-state index in [-0.39, 0.29) is 6.61 Å². The van der Waals surface area contributed by atoms with Gasteiger partial charge in [-0.1, -0.05) is 42.5 Å². The molecule has 0 saturated heterocycles. The van der Waals surface area contributed by atoms with E-state index >= 15 is 0 Å². The van der Waals surface area contributed by atoms with Crippen molar-refractivity contribution in [3.05, 3.63) is 70.3 Å². The van der Waals surface area contributed by atoms with Crippen LogP contribution in [0.4, 0.5) is 0 Å². The fourth-order valence-electron chi connectivity index (χ4n) is 2.30. The summed E-state index contributed by atoms with van der Waals surface area (Å²) >= 11 is 0. The zero-order valence-corrected chi connectivity index (χ0v) is 11.6. The minimum atomic E-state index is 0.102. The number of aliphatic hydroxyl groups is 1. The van der Waals surface area contributed by atoms with Crippen molar-refractivity contribution in [2.45, 2.75) is 33.5 Å². The van der Waals surface area contributed by atoms with Crippen LogP contribution in [0.5, 0.6) is 0 Å². The van der Waals surface area contributed by atoms with Crippen LogP contribution in [0.1, 0.15) is 27.8 Å². The lowest BCUT2D eigenvalue weighted by Gasteiger charge is -2.11. The van der Waals surface area contributed by atoms with Crippen molar-refractivity contribution >= 4 is 0 Å². The van der Waals surface area contributed by atoms with Gasteiger partial charge in [-0.2, -0.15) is 0 Å². The van der Waals surface area contributed by atoms with E-state index < -0.39 is 0 Å². The lowest BCUT2D eigenvalue weighted by atomic mass is 10.0. The summed E-state index contributed by atoms with van der Waals surface area (Å²) in [4.78, 5) is 0. The maximum atomic E-state index is 9.12. The molecule has 0 bridgehead atoms. The molecule has 0 atom stereocenters. The first-order valence-electron chi connectivity index (χ1n) is 6.65. The third kappa shape index (κ3) is 3.66. The van der Waals surface area contributed by atoms with Crippen molar-refractivity contribution in [1.29, 1.82) is 0 Å². The van der Waals surface area contributed by atoms with Crippen LogP contribution >= 0.6 is 0 Å². The van der Waals surface area contributed by atoms with Gasteiger partial charge in [-0.05, 0) is 41.7 Å². The maximum Gasteiger partial charge on any atom is 0.0681 e. The highest BCUT2D eigenvalue weighted by Gasteiger charge is 2.01. The standard InChI is InChI=1S/C17H21NO/c1-13-5-3-6-14(2)17(13)11-18-10-15-7-4-8-16(9-15)12-19/h3-9,18-19H,10-12H2,1-2H3. The minimum Gasteiger partial charge on any atom is -0.392 e. The molecule has 0 heterocycles. The summed E-state index contributed by atoms with van der Waals surface area (Å²) < 4.78 is 0. The maximum absolute atomic E-state index is 9.12. The van der Waals surface area contributed by atoms with E-state index in [4.69, 9.17) is 5.11 Å². The molecular formula is C17H21NO. The summed E-state index contributed by atoms with van der Waals surface area (Å²) in [5.74, 6) is 0. The SMILES string of the molecule is Cc1cccc(C)c1CNCc1cccc(CO)c1. The summed E-state index contributed by atoms with van der Waals surface area (Å²) in [5.41, 5.74) is 6.21. The highest BCUT2D eigenvalue weighted by molar-refractivity contribution is 5.33. The zero-order chi connectivity index (χ0) is 13.7. The molecular weight excluding hydrogens is 234 g/mol. The van der Waals surface area contributed by atoms with Crippen molar-refractivity contribution in [3.8, 4) is 0 Å². The molecule has 2 aromatic rings. The molecule has 0 aliphatic carbocycles. The number of benzene rings is 2. The molecule has 0 aromatic heterocycles. The zero-order valence-electron chi connectivity index (χ0n) is 11.6. The van der Waals surface area contributed by atoms with Crippen LogP contribution in [0.3, 0.4) is 0 Å². The van der Waals surface area contributed by atoms with E-state index in [0.717, 1.165) is 18.7 Å². The number of nitrogens with one attached hydrogen (secondary N) is 1. The fourth-order valence-corrected chi connectivity index (χ4v) is 2.30. The number of aryl methyl sites for hydroxylation is 2. The minimum absolute atomic E-state index is 0.102. The van der Waals surface area contributed by atoms with Gasteiger partial charge in [0, 0.05) is 13.1 Å². The first-order valence-corrected chi connectivity index (χ1v) is 6.65. The molecule has 100 valence electrons. The molecule has 2 heteroatoms. The van der Waals surface area contributed by atoms with Crippen LogP contribution in [-0.4, -0.2) is 5.11 Å². The lowest BCUT2D eigenvalue weighted by Crippen LogP contribution is -2.14. The molecule has 2 aromatic carbocycles. The Morgan fingerprint density at radius 3 is 2.21 bits per heavy atom. The molecule has 0 unspecified atom stereocenters. The Morgan fingerprint density at radius 1 is 0.895 bits per heavy atom. The van der Waals surface area contributed by atoms with Gasteiger partial charge in [0.05, 0.1) is 6.61 Å². The molecule has 2 rings (SSSR count). The molecule has 0 spiro atoms. The first kappa shape index (κ1) is 13.8. The van der Waals surface area contributed by atoms with E-state index in [1.807, 2.05) is 18.2 Å². The summed E-state index contributed by atoms with van der Waals surface area (Å²) in [6, 6.07) is 14.4. The van der Waals surface area contributed by atoms with Crippen molar-refractivity contribution < 1.29 is 5.11 Å². The molecule has 0 aliphatic heterocycles. The Morgan fingerprint density at radius 2 is 1.53 bits per heavy atom. The average Bonchev–Trinajstić information content (AvgIpc) is 2.42. The van der Waals surface area contributed by atoms with E-state index in [2.05, 4.69) is 43.4 Å². The molecule has 0 fully saturated rings. The Kier molecular flexibility index (Phi) is 4.72. The van der Waals surface area contributed by atoms with Crippen molar-refractivity contribution in [2.75, 3.05) is 0 Å². The highest BCUT2D eigenvalue weighted by atomic mass is 16.3. The highest BCUT2D eigenvalue weighted by Crippen LogP contribution is 2.13. The van der Waals surface area contributed by atoms with Crippen molar-refractivity contribution in [1.82, 2.24) is 5.32 Å². The van der Waals surface area contributed by atoms with Gasteiger partial charge >= 0.3 is 0 Å². The summed E-state index contributed by atoms with van der Waals surface area (Å²) in [6.07, 6.45) is 0. The quantitative estimate of drug-likeness (QED) is 0.860. The Balaban J connectivity index is 1.96. The Hall–Kier alpha value is -1.64. The van der Waals surface area contributed by atoms with Gasteiger partial charge in [-0.15, -0.1) is 0 Å². The van der Waals surface area contributed by atoms with Gasteiger partial charge in [0.1, 0.15) is 0 Å². The first-order chi connectivity index (χ1) is 9.20. The summed E-state index contributed by atoms with van der Waals surface area (Å²) in [5, 5.41) is 12.6. The monoisotopic (exact) mass is 255 g/mol. The Bertz CT molecular complexity index is 528. The number of rotatable bonds is 5. The van der Waals surface area contributed by atoms with Crippen molar-refractivity contribution in [2.24, 2.45) is 0 Å². The molecule has 0 amide bonds. The third-order valence-electron chi connectivity index (χ3n) is 3.45. The fraction of sp³-hybridized carbons (Fsp3) is 0.294. The van der Waals surface area contributed by atoms with Gasteiger partial charge < -0.3 is 10.4 Å². The smallest absolute Gasteiger partial charge is 0.0681 e. The van der Waals surface area contributed by atoms with Crippen LogP contribution in [0.2, 0.25) is 0 Å². The second-order valence-electron chi connectivity index (χ2n) is 4.95. The van der Waals surface area contributed by atoms with Gasteiger partial charge in [0.15, 0.2) is 0 Å². The largest absolute Gasteiger partial charge is 0.392 e. The normalized spacial score (nSPS) is 10.7. The molecule has 19 heavy (non-hydrogen) atoms. The third-order valence-corrected chi connectivity index (χ3v) is 3.45. The molecule has 0 saturated carbocycles. The average molecular weight is 255 g/mol. The van der Waals surface area contributed by atoms with Crippen LogP contribution < -0.4 is 5.32 Å². The van der Waals surface area contributed by atoms with E-state index in [1.54, 1.807) is 0 Å². The summed E-state index contributed by atoms with van der Waals surface area (Å²) in [7, 11) is 0. The second kappa shape index (κ2) is 6.50. The van der Waals surface area contributed by atoms with Crippen LogP contribution in [0.15, 0.2) is 42.5 Å². The summed E-state index contributed by atoms with van der Waals surface area (Å²) in [6.45, 7) is 6.10. The topological polar surface area (TPSA) is 32.3 Å². The predicted molar refractivity (Wildman–Crippen MR) is 78.8 cm³/mol. The van der Waals surface area contributed by atoms with Crippen molar-refractivity contribution in [3.63, 3.8) is 0 Å². The predicted octanol–water partition coefficient (Wildman–Crippen LogP) is 3.09. The van der Waals surface area contributed by atoms with Crippen LogP contribution in [0, 0.1) is 13.8 Å². The van der Waals surface area contributed by atoms with Crippen LogP contribution in [-0.2, 0) is 19.7 Å². The van der Waals surface area contributed by atoms with E-state index in [9.17, 15) is 0 Å². The second-order valence-corrected chi connectivity index (χ2v) is 4.95. The molecule has 2 N–H and O–H groups in total. The Labute approximate surface area is 115 Å². The number of aliphatic hydroxyl groups excluding tert-OH is 1. The molecule has 2 nitrogen and oxygen atoms in total. The molecule has 0 aliphatic rings. The van der Waals surface area contributed by atoms with Crippen LogP contribution in [0.25, 0.3) is 0 Å². The number of hydrogen-bond donors (Lipinski definition) is 2. The van der Waals surface area contributed by atoms with Gasteiger partial charge in [0.2, 0.25) is 0 Å². The van der Waals surface area contributed by atoms with Gasteiger partial charge in [-0.25, -0.2) is 0 Å². The number of hydrogen-bond acceptors (Lipinski definition) is 2.